The van der Waals surface area contributed by atoms with Gasteiger partial charge in [0, 0.05) is 6.42 Å². The van der Waals surface area contributed by atoms with Crippen LogP contribution in [0.15, 0.2) is 12.2 Å². The molecule has 3 unspecified atom stereocenters. The minimum absolute atomic E-state index is 0.0641. The van der Waals surface area contributed by atoms with Gasteiger partial charge in [-0.1, -0.05) is 270 Å². The number of nitrogens with one attached hydrogen (secondary N) is 1. The predicted molar refractivity (Wildman–Crippen MR) is 273 cm³/mol. The number of amides is 1. The smallest absolute Gasteiger partial charge is 0.306 e. The molecule has 3 N–H and O–H groups in total. The van der Waals surface area contributed by atoms with Crippen LogP contribution in [-0.4, -0.2) is 46.9 Å². The number of esters is 1. The Balaban J connectivity index is 4.46. The summed E-state index contributed by atoms with van der Waals surface area (Å²) in [5.74, 6) is -0.482. The maximum absolute atomic E-state index is 13.2. The van der Waals surface area contributed by atoms with Gasteiger partial charge in [-0.25, -0.2) is 0 Å². The Bertz CT molecular complexity index is 955. The molecule has 0 bridgehead atoms. The number of allylic oxidation sites excluding steroid dienone is 2. The molecule has 0 aliphatic heterocycles. The minimum Gasteiger partial charge on any atom is -0.462 e. The molecule has 1 amide bonds. The van der Waals surface area contributed by atoms with E-state index in [1.54, 1.807) is 0 Å². The van der Waals surface area contributed by atoms with Crippen molar-refractivity contribution >= 4 is 11.9 Å². The summed E-state index contributed by atoms with van der Waals surface area (Å²) in [6.45, 7) is 6.51. The van der Waals surface area contributed by atoms with Crippen LogP contribution < -0.4 is 5.32 Å². The van der Waals surface area contributed by atoms with E-state index in [4.69, 9.17) is 4.74 Å². The van der Waals surface area contributed by atoms with Crippen LogP contribution in [0.2, 0.25) is 0 Å². The number of unbranched alkanes of at least 4 members (excludes halogenated alkanes) is 38. The van der Waals surface area contributed by atoms with E-state index in [2.05, 4.69) is 38.2 Å². The molecular formula is C57H111NO5. The van der Waals surface area contributed by atoms with Gasteiger partial charge in [0.15, 0.2) is 0 Å². The lowest BCUT2D eigenvalue weighted by molar-refractivity contribution is -0.151. The van der Waals surface area contributed by atoms with Crippen LogP contribution in [0, 0.1) is 0 Å². The first-order valence-corrected chi connectivity index (χ1v) is 28.4. The van der Waals surface area contributed by atoms with E-state index in [1.165, 1.54) is 218 Å². The van der Waals surface area contributed by atoms with Crippen molar-refractivity contribution in [3.63, 3.8) is 0 Å². The van der Waals surface area contributed by atoms with Crippen molar-refractivity contribution in [2.45, 2.75) is 334 Å². The lowest BCUT2D eigenvalue weighted by atomic mass is 10.0. The summed E-state index contributed by atoms with van der Waals surface area (Å²) in [6.07, 6.45) is 58.6. The lowest BCUT2D eigenvalue weighted by Gasteiger charge is -2.24. The van der Waals surface area contributed by atoms with E-state index in [9.17, 15) is 19.8 Å². The normalized spacial score (nSPS) is 13.2. The largest absolute Gasteiger partial charge is 0.462 e. The standard InChI is InChI=1S/C57H111NO5/c1-4-7-10-13-16-19-22-25-26-27-28-29-30-32-35-38-41-44-47-50-57(62)63-53(48-45-42-39-36-33-24-21-18-15-12-9-6-3)51-56(61)58-54(52-59)55(60)49-46-43-40-37-34-31-23-20-17-14-11-8-5-2/h36,39,53-55,59-60H,4-35,37-38,40-52H2,1-3H3,(H,58,61)/b39-36-. The van der Waals surface area contributed by atoms with Gasteiger partial charge in [0.05, 0.1) is 25.2 Å². The van der Waals surface area contributed by atoms with Crippen LogP contribution >= 0.6 is 0 Å². The van der Waals surface area contributed by atoms with Crippen molar-refractivity contribution in [2.75, 3.05) is 6.61 Å². The maximum Gasteiger partial charge on any atom is 0.306 e. The van der Waals surface area contributed by atoms with Crippen LogP contribution in [-0.2, 0) is 14.3 Å². The van der Waals surface area contributed by atoms with Crippen LogP contribution in [0.1, 0.15) is 316 Å². The second-order valence-electron chi connectivity index (χ2n) is 19.7. The molecule has 0 fully saturated rings. The van der Waals surface area contributed by atoms with Crippen molar-refractivity contribution in [1.82, 2.24) is 5.32 Å². The Hall–Kier alpha value is -1.40. The van der Waals surface area contributed by atoms with Gasteiger partial charge in [-0.05, 0) is 44.9 Å². The fourth-order valence-electron chi connectivity index (χ4n) is 9.02. The fourth-order valence-corrected chi connectivity index (χ4v) is 9.02. The van der Waals surface area contributed by atoms with Crippen molar-refractivity contribution in [2.24, 2.45) is 0 Å². The molecule has 0 heterocycles. The molecule has 63 heavy (non-hydrogen) atoms. The third kappa shape index (κ3) is 46.9. The predicted octanol–water partition coefficient (Wildman–Crippen LogP) is 17.3. The lowest BCUT2D eigenvalue weighted by Crippen LogP contribution is -2.46. The molecule has 374 valence electrons. The van der Waals surface area contributed by atoms with Crippen molar-refractivity contribution in [3.05, 3.63) is 12.2 Å². The zero-order valence-corrected chi connectivity index (χ0v) is 42.7. The monoisotopic (exact) mass is 890 g/mol. The Kier molecular flexibility index (Phi) is 50.4. The van der Waals surface area contributed by atoms with Crippen molar-refractivity contribution < 1.29 is 24.5 Å². The number of rotatable bonds is 52. The van der Waals surface area contributed by atoms with Gasteiger partial charge in [0.2, 0.25) is 5.91 Å². The molecule has 0 saturated carbocycles. The zero-order valence-electron chi connectivity index (χ0n) is 42.7. The van der Waals surface area contributed by atoms with E-state index in [0.29, 0.717) is 19.3 Å². The molecule has 0 radical (unpaired) electrons. The summed E-state index contributed by atoms with van der Waals surface area (Å²) in [4.78, 5) is 26.2. The molecule has 0 saturated heterocycles. The highest BCUT2D eigenvalue weighted by molar-refractivity contribution is 5.77. The highest BCUT2D eigenvalue weighted by atomic mass is 16.5. The molecule has 3 atom stereocenters. The van der Waals surface area contributed by atoms with E-state index >= 15 is 0 Å². The Morgan fingerprint density at radius 2 is 0.778 bits per heavy atom. The number of aliphatic hydroxyl groups excluding tert-OH is 2. The second-order valence-corrected chi connectivity index (χ2v) is 19.7. The molecule has 0 rings (SSSR count). The number of carbonyl (C=O) groups excluding carboxylic acids is 2. The van der Waals surface area contributed by atoms with Gasteiger partial charge in [-0.2, -0.15) is 0 Å². The van der Waals surface area contributed by atoms with Crippen molar-refractivity contribution in [1.29, 1.82) is 0 Å². The molecule has 0 aromatic carbocycles. The molecule has 0 aromatic heterocycles. The molecule has 0 aliphatic rings. The number of carbonyl (C=O) groups is 2. The van der Waals surface area contributed by atoms with Crippen LogP contribution in [0.5, 0.6) is 0 Å². The number of aliphatic hydroxyl groups is 2. The van der Waals surface area contributed by atoms with Crippen LogP contribution in [0.25, 0.3) is 0 Å². The topological polar surface area (TPSA) is 95.9 Å². The van der Waals surface area contributed by atoms with Gasteiger partial charge in [0.25, 0.3) is 0 Å². The van der Waals surface area contributed by atoms with E-state index in [1.807, 2.05) is 0 Å². The summed E-state index contributed by atoms with van der Waals surface area (Å²) in [7, 11) is 0. The zero-order chi connectivity index (χ0) is 45.9. The van der Waals surface area contributed by atoms with Crippen LogP contribution in [0.4, 0.5) is 0 Å². The summed E-state index contributed by atoms with van der Waals surface area (Å²) in [6, 6.07) is -0.703. The summed E-state index contributed by atoms with van der Waals surface area (Å²) < 4.78 is 5.94. The molecule has 0 aliphatic carbocycles. The van der Waals surface area contributed by atoms with Gasteiger partial charge in [-0.3, -0.25) is 9.59 Å². The quantitative estimate of drug-likeness (QED) is 0.0321. The van der Waals surface area contributed by atoms with Gasteiger partial charge in [-0.15, -0.1) is 0 Å². The van der Waals surface area contributed by atoms with Crippen molar-refractivity contribution in [3.8, 4) is 0 Å². The molecule has 0 aromatic rings. The third-order valence-electron chi connectivity index (χ3n) is 13.3. The first-order chi connectivity index (χ1) is 31.0. The van der Waals surface area contributed by atoms with Gasteiger partial charge in [0.1, 0.15) is 6.10 Å². The third-order valence-corrected chi connectivity index (χ3v) is 13.3. The molecular weight excluding hydrogens is 779 g/mol. The highest BCUT2D eigenvalue weighted by Gasteiger charge is 2.24. The minimum atomic E-state index is -0.788. The summed E-state index contributed by atoms with van der Waals surface area (Å²) >= 11 is 0. The fraction of sp³-hybridized carbons (Fsp3) is 0.930. The van der Waals surface area contributed by atoms with Gasteiger partial charge >= 0.3 is 5.97 Å². The first-order valence-electron chi connectivity index (χ1n) is 28.4. The number of hydrogen-bond donors (Lipinski definition) is 3. The van der Waals surface area contributed by atoms with E-state index in [-0.39, 0.29) is 24.9 Å². The molecule has 6 heteroatoms. The number of ether oxygens (including phenoxy) is 1. The Morgan fingerprint density at radius 1 is 0.444 bits per heavy atom. The van der Waals surface area contributed by atoms with Gasteiger partial charge < -0.3 is 20.3 Å². The highest BCUT2D eigenvalue weighted by Crippen LogP contribution is 2.18. The summed E-state index contributed by atoms with van der Waals surface area (Å²) in [5.41, 5.74) is 0. The molecule has 0 spiro atoms. The summed E-state index contributed by atoms with van der Waals surface area (Å²) in [5, 5.41) is 23.8. The Labute approximate surface area is 393 Å². The maximum atomic E-state index is 13.2. The average molecular weight is 891 g/mol. The van der Waals surface area contributed by atoms with E-state index in [0.717, 1.165) is 51.4 Å². The molecule has 6 nitrogen and oxygen atoms in total. The first kappa shape index (κ1) is 61.6. The van der Waals surface area contributed by atoms with Crippen LogP contribution in [0.3, 0.4) is 0 Å². The SMILES string of the molecule is CCCCCCCCC/C=C\CCCC(CC(=O)NC(CO)C(O)CCCCCCCCCCCCCCC)OC(=O)CCCCCCCCCCCCCCCCCCCCC. The second kappa shape index (κ2) is 51.6. The number of hydrogen-bond acceptors (Lipinski definition) is 5. The van der Waals surface area contributed by atoms with E-state index < -0.39 is 18.2 Å². The average Bonchev–Trinajstić information content (AvgIpc) is 3.28. The Morgan fingerprint density at radius 3 is 1.16 bits per heavy atom.